The number of carbonyl (C=O) groups excluding carboxylic acids is 2. The van der Waals surface area contributed by atoms with Gasteiger partial charge in [-0.25, -0.2) is 14.8 Å². The number of carbonyl (C=O) groups is 2. The van der Waals surface area contributed by atoms with E-state index in [1.807, 2.05) is 77.9 Å². The number of rotatable bonds is 8. The lowest BCUT2D eigenvalue weighted by atomic mass is 10.0. The number of amides is 2. The maximum Gasteiger partial charge on any atom is 0.326 e. The summed E-state index contributed by atoms with van der Waals surface area (Å²) in [6.07, 6.45) is 2.02. The number of imidazole rings is 1. The number of para-hydroxylation sites is 2. The van der Waals surface area contributed by atoms with Crippen LogP contribution in [-0.4, -0.2) is 67.9 Å². The second kappa shape index (κ2) is 12.5. The van der Waals surface area contributed by atoms with E-state index in [4.69, 9.17) is 9.97 Å². The SMILES string of the molecule is CC.O=CNCCNc1nc(-c2ccccc2)nc2[nH]c(C(=O)N3CCC(n4c(=O)[nH]c5ccccc54)CC3)cc12. The molecule has 0 atom stereocenters. The van der Waals surface area contributed by atoms with Gasteiger partial charge in [-0.1, -0.05) is 56.3 Å². The normalized spacial score (nSPS) is 13.6. The highest BCUT2D eigenvalue weighted by Gasteiger charge is 2.28. The fourth-order valence-corrected chi connectivity index (χ4v) is 5.22. The largest absolute Gasteiger partial charge is 0.368 e. The Kier molecular flexibility index (Phi) is 8.42. The first-order chi connectivity index (χ1) is 20.1. The number of anilines is 1. The van der Waals surface area contributed by atoms with Crippen LogP contribution in [0.1, 0.15) is 43.2 Å². The number of fused-ring (bicyclic) bond motifs is 2. The first-order valence-electron chi connectivity index (χ1n) is 14.0. The second-order valence-electron chi connectivity index (χ2n) is 9.55. The third kappa shape index (κ3) is 5.69. The lowest BCUT2D eigenvalue weighted by Crippen LogP contribution is -2.40. The fraction of sp³-hybridized carbons (Fsp3) is 0.300. The van der Waals surface area contributed by atoms with Crippen LogP contribution >= 0.6 is 0 Å². The van der Waals surface area contributed by atoms with Gasteiger partial charge in [-0.15, -0.1) is 0 Å². The molecule has 0 aliphatic carbocycles. The van der Waals surface area contributed by atoms with Crippen LogP contribution in [0.4, 0.5) is 5.82 Å². The maximum absolute atomic E-state index is 13.5. The molecule has 0 spiro atoms. The molecule has 1 saturated heterocycles. The van der Waals surface area contributed by atoms with Gasteiger partial charge in [-0.3, -0.25) is 14.2 Å². The van der Waals surface area contributed by atoms with Crippen molar-refractivity contribution in [1.29, 1.82) is 0 Å². The van der Waals surface area contributed by atoms with Crippen LogP contribution in [-0.2, 0) is 4.79 Å². The van der Waals surface area contributed by atoms with Gasteiger partial charge >= 0.3 is 5.69 Å². The topological polar surface area (TPSA) is 141 Å². The van der Waals surface area contributed by atoms with Crippen molar-refractivity contribution in [3.8, 4) is 11.4 Å². The van der Waals surface area contributed by atoms with Crippen molar-refractivity contribution in [1.82, 2.24) is 34.7 Å². The Morgan fingerprint density at radius 1 is 1.00 bits per heavy atom. The maximum atomic E-state index is 13.5. The van der Waals surface area contributed by atoms with Crippen LogP contribution < -0.4 is 16.3 Å². The van der Waals surface area contributed by atoms with E-state index in [9.17, 15) is 14.4 Å². The van der Waals surface area contributed by atoms with Gasteiger partial charge in [-0.05, 0) is 31.0 Å². The molecule has 1 aliphatic heterocycles. The molecule has 0 saturated carbocycles. The predicted molar refractivity (Wildman–Crippen MR) is 160 cm³/mol. The summed E-state index contributed by atoms with van der Waals surface area (Å²) in [7, 11) is 0. The number of likely N-dealkylation sites (tertiary alicyclic amines) is 1. The zero-order valence-corrected chi connectivity index (χ0v) is 23.2. The number of hydrogen-bond donors (Lipinski definition) is 4. The molecular formula is C30H34N8O3. The standard InChI is InChI=1S/C28H28N8O3.C2H6/c37-17-29-12-13-30-25-20-16-22(31-26(20)34-24(33-25)18-6-2-1-3-7-18)27(38)35-14-10-19(11-15-35)36-23-9-5-4-8-21(23)32-28(36)39;1-2/h1-9,16-17,19H,10-15H2,(H,29,37)(H,32,39)(H2,30,31,33,34);1-2H3. The molecule has 1 aliphatic rings. The number of benzene rings is 2. The third-order valence-electron chi connectivity index (χ3n) is 7.14. The van der Waals surface area contributed by atoms with E-state index in [0.29, 0.717) is 73.8 Å². The average molecular weight is 555 g/mol. The molecule has 1 fully saturated rings. The molecular weight excluding hydrogens is 520 g/mol. The molecule has 2 aromatic carbocycles. The Morgan fingerprint density at radius 2 is 1.73 bits per heavy atom. The van der Waals surface area contributed by atoms with Gasteiger partial charge in [0, 0.05) is 37.8 Å². The van der Waals surface area contributed by atoms with Crippen LogP contribution in [0.3, 0.4) is 0 Å². The minimum Gasteiger partial charge on any atom is -0.368 e. The van der Waals surface area contributed by atoms with E-state index in [1.165, 1.54) is 0 Å². The molecule has 212 valence electrons. The van der Waals surface area contributed by atoms with E-state index in [1.54, 1.807) is 6.07 Å². The minimum absolute atomic E-state index is 0.0236. The number of nitrogens with zero attached hydrogens (tertiary/aromatic N) is 4. The monoisotopic (exact) mass is 554 g/mol. The summed E-state index contributed by atoms with van der Waals surface area (Å²) in [5, 5.41) is 6.58. The first kappa shape index (κ1) is 27.6. The van der Waals surface area contributed by atoms with E-state index >= 15 is 0 Å². The van der Waals surface area contributed by atoms with E-state index in [2.05, 4.69) is 20.6 Å². The Hall–Kier alpha value is -4.93. The molecule has 41 heavy (non-hydrogen) atoms. The van der Waals surface area contributed by atoms with Crippen molar-refractivity contribution in [2.75, 3.05) is 31.5 Å². The molecule has 4 N–H and O–H groups in total. The Bertz CT molecular complexity index is 1700. The molecule has 2 amide bonds. The number of H-pyrrole nitrogens is 2. The van der Waals surface area contributed by atoms with Gasteiger partial charge in [0.15, 0.2) is 5.82 Å². The number of nitrogens with one attached hydrogen (secondary N) is 4. The van der Waals surface area contributed by atoms with Crippen LogP contribution in [0.5, 0.6) is 0 Å². The van der Waals surface area contributed by atoms with Crippen molar-refractivity contribution in [3.63, 3.8) is 0 Å². The Morgan fingerprint density at radius 3 is 2.49 bits per heavy atom. The van der Waals surface area contributed by atoms with E-state index < -0.39 is 0 Å². The highest BCUT2D eigenvalue weighted by atomic mass is 16.2. The van der Waals surface area contributed by atoms with Gasteiger partial charge in [0.05, 0.1) is 16.4 Å². The molecule has 6 rings (SSSR count). The summed E-state index contributed by atoms with van der Waals surface area (Å²) in [6.45, 7) is 5.97. The highest BCUT2D eigenvalue weighted by Crippen LogP contribution is 2.28. The van der Waals surface area contributed by atoms with Crippen molar-refractivity contribution in [3.05, 3.63) is 76.8 Å². The molecule has 4 heterocycles. The molecule has 0 bridgehead atoms. The van der Waals surface area contributed by atoms with Crippen LogP contribution in [0, 0.1) is 0 Å². The molecule has 0 radical (unpaired) electrons. The van der Waals surface area contributed by atoms with Gasteiger partial charge in [-0.2, -0.15) is 0 Å². The van der Waals surface area contributed by atoms with Crippen LogP contribution in [0.25, 0.3) is 33.5 Å². The summed E-state index contributed by atoms with van der Waals surface area (Å²) in [5.74, 6) is 0.992. The number of aromatic nitrogens is 5. The second-order valence-corrected chi connectivity index (χ2v) is 9.55. The van der Waals surface area contributed by atoms with Crippen molar-refractivity contribution < 1.29 is 9.59 Å². The van der Waals surface area contributed by atoms with Gasteiger partial charge in [0.2, 0.25) is 6.41 Å². The fourth-order valence-electron chi connectivity index (χ4n) is 5.22. The predicted octanol–water partition coefficient (Wildman–Crippen LogP) is 3.93. The van der Waals surface area contributed by atoms with Crippen molar-refractivity contribution in [2.45, 2.75) is 32.7 Å². The van der Waals surface area contributed by atoms with E-state index in [-0.39, 0.29) is 17.6 Å². The zero-order valence-electron chi connectivity index (χ0n) is 23.2. The summed E-state index contributed by atoms with van der Waals surface area (Å²) in [4.78, 5) is 54.1. The lowest BCUT2D eigenvalue weighted by molar-refractivity contribution is -0.109. The summed E-state index contributed by atoms with van der Waals surface area (Å²) in [6, 6.07) is 19.1. The lowest BCUT2D eigenvalue weighted by Gasteiger charge is -2.32. The Labute approximate surface area is 237 Å². The summed E-state index contributed by atoms with van der Waals surface area (Å²) < 4.78 is 1.82. The van der Waals surface area contributed by atoms with Crippen LogP contribution in [0.15, 0.2) is 65.5 Å². The minimum atomic E-state index is -0.118. The third-order valence-corrected chi connectivity index (χ3v) is 7.14. The smallest absolute Gasteiger partial charge is 0.326 e. The molecule has 0 unspecified atom stereocenters. The summed E-state index contributed by atoms with van der Waals surface area (Å²) in [5.41, 5.74) is 3.43. The Balaban J connectivity index is 0.00000165. The summed E-state index contributed by atoms with van der Waals surface area (Å²) >= 11 is 0. The van der Waals surface area contributed by atoms with Crippen molar-refractivity contribution >= 4 is 40.2 Å². The van der Waals surface area contributed by atoms with Gasteiger partial charge in [0.1, 0.15) is 17.2 Å². The first-order valence-corrected chi connectivity index (χ1v) is 14.0. The molecule has 5 aromatic rings. The quantitative estimate of drug-likeness (QED) is 0.169. The highest BCUT2D eigenvalue weighted by molar-refractivity contribution is 6.00. The van der Waals surface area contributed by atoms with Gasteiger partial charge in [0.25, 0.3) is 5.91 Å². The number of piperidine rings is 1. The van der Waals surface area contributed by atoms with Gasteiger partial charge < -0.3 is 25.5 Å². The zero-order chi connectivity index (χ0) is 28.8. The molecule has 11 nitrogen and oxygen atoms in total. The average Bonchev–Trinajstić information content (AvgIpc) is 3.61. The van der Waals surface area contributed by atoms with Crippen molar-refractivity contribution in [2.24, 2.45) is 0 Å². The molecule has 11 heteroatoms. The number of aromatic amines is 2. The number of hydrogen-bond acceptors (Lipinski definition) is 6. The molecule has 3 aromatic heterocycles. The van der Waals surface area contributed by atoms with Crippen LogP contribution in [0.2, 0.25) is 0 Å². The van der Waals surface area contributed by atoms with E-state index in [0.717, 1.165) is 16.6 Å².